The maximum Gasteiger partial charge on any atom is 0.336 e. The van der Waals surface area contributed by atoms with Crippen LogP contribution in [-0.4, -0.2) is 74.0 Å². The lowest BCUT2D eigenvalue weighted by Crippen LogP contribution is -2.52. The van der Waals surface area contributed by atoms with E-state index in [1.807, 2.05) is 36.4 Å². The Balaban J connectivity index is 1.47. The molecule has 37 heavy (non-hydrogen) atoms. The van der Waals surface area contributed by atoms with Gasteiger partial charge in [-0.15, -0.1) is 0 Å². The van der Waals surface area contributed by atoms with Gasteiger partial charge in [-0.3, -0.25) is 9.59 Å². The van der Waals surface area contributed by atoms with Crippen LogP contribution in [0.15, 0.2) is 59.8 Å². The van der Waals surface area contributed by atoms with E-state index in [0.717, 1.165) is 17.0 Å². The maximum atomic E-state index is 13.2. The number of nitrogens with zero attached hydrogens (tertiary/aromatic N) is 3. The molecule has 4 rings (SSSR count). The van der Waals surface area contributed by atoms with Gasteiger partial charge >= 0.3 is 5.97 Å². The Labute approximate surface area is 222 Å². The summed E-state index contributed by atoms with van der Waals surface area (Å²) in [5, 5.41) is 0.573. The monoisotopic (exact) mass is 525 g/mol. The van der Waals surface area contributed by atoms with E-state index in [0.29, 0.717) is 42.5 Å². The van der Waals surface area contributed by atoms with Crippen molar-refractivity contribution in [2.24, 2.45) is 0 Å². The molecule has 2 aliphatic rings. The van der Waals surface area contributed by atoms with E-state index in [9.17, 15) is 14.4 Å². The SMILES string of the molecule is CCOC(=O)C1=C(C)N(CC(=O)N2CCN(c3ccc(OC)cc3)CC2)C(=O)CC1c1ccc(Cl)cc1. The Bertz CT molecular complexity index is 1170. The fourth-order valence-corrected chi connectivity index (χ4v) is 5.02. The lowest BCUT2D eigenvalue weighted by atomic mass is 9.83. The van der Waals surface area contributed by atoms with E-state index < -0.39 is 11.9 Å². The van der Waals surface area contributed by atoms with Gasteiger partial charge in [0.1, 0.15) is 12.3 Å². The van der Waals surface area contributed by atoms with Crippen molar-refractivity contribution in [1.29, 1.82) is 0 Å². The first-order valence-corrected chi connectivity index (χ1v) is 12.8. The number of ether oxygens (including phenoxy) is 2. The number of hydrogen-bond acceptors (Lipinski definition) is 6. The van der Waals surface area contributed by atoms with E-state index in [1.54, 1.807) is 38.0 Å². The van der Waals surface area contributed by atoms with Crippen LogP contribution >= 0.6 is 11.6 Å². The average molecular weight is 526 g/mol. The molecule has 0 aliphatic carbocycles. The molecule has 1 saturated heterocycles. The number of carbonyl (C=O) groups excluding carboxylic acids is 3. The van der Waals surface area contributed by atoms with Crippen LogP contribution in [0, 0.1) is 0 Å². The Morgan fingerprint density at radius 2 is 1.65 bits per heavy atom. The van der Waals surface area contributed by atoms with Crippen LogP contribution in [0.1, 0.15) is 31.7 Å². The van der Waals surface area contributed by atoms with Crippen LogP contribution in [0.3, 0.4) is 0 Å². The summed E-state index contributed by atoms with van der Waals surface area (Å²) in [5.74, 6) is -0.472. The van der Waals surface area contributed by atoms with Gasteiger partial charge in [0.25, 0.3) is 0 Å². The average Bonchev–Trinajstić information content (AvgIpc) is 2.91. The van der Waals surface area contributed by atoms with E-state index in [4.69, 9.17) is 21.1 Å². The predicted molar refractivity (Wildman–Crippen MR) is 142 cm³/mol. The number of anilines is 1. The van der Waals surface area contributed by atoms with Crippen LogP contribution in [-0.2, 0) is 19.1 Å². The van der Waals surface area contributed by atoms with Crippen molar-refractivity contribution >= 4 is 35.1 Å². The third-order valence-corrected chi connectivity index (χ3v) is 7.21. The fraction of sp³-hybridized carbons (Fsp3) is 0.393. The lowest BCUT2D eigenvalue weighted by molar-refractivity contribution is -0.142. The number of halogens is 1. The summed E-state index contributed by atoms with van der Waals surface area (Å²) >= 11 is 6.04. The van der Waals surface area contributed by atoms with Gasteiger partial charge in [-0.1, -0.05) is 23.7 Å². The molecule has 1 fully saturated rings. The number of hydrogen-bond donors (Lipinski definition) is 0. The first-order valence-electron chi connectivity index (χ1n) is 12.4. The van der Waals surface area contributed by atoms with Crippen molar-refractivity contribution in [1.82, 2.24) is 9.80 Å². The number of allylic oxidation sites excluding steroid dienone is 1. The molecule has 8 nitrogen and oxygen atoms in total. The minimum atomic E-state index is -0.474. The predicted octanol–water partition coefficient (Wildman–Crippen LogP) is 3.85. The molecule has 9 heteroatoms. The number of esters is 1. The Morgan fingerprint density at radius 1 is 1.00 bits per heavy atom. The van der Waals surface area contributed by atoms with Crippen LogP contribution in [0.2, 0.25) is 5.02 Å². The molecule has 2 aromatic carbocycles. The van der Waals surface area contributed by atoms with Crippen molar-refractivity contribution in [3.05, 3.63) is 70.4 Å². The summed E-state index contributed by atoms with van der Waals surface area (Å²) in [6, 6.07) is 15.0. The van der Waals surface area contributed by atoms with Crippen molar-refractivity contribution in [3.63, 3.8) is 0 Å². The topological polar surface area (TPSA) is 79.4 Å². The molecule has 2 heterocycles. The largest absolute Gasteiger partial charge is 0.497 e. The van der Waals surface area contributed by atoms with Crippen LogP contribution in [0.4, 0.5) is 5.69 Å². The molecule has 0 N–H and O–H groups in total. The first-order chi connectivity index (χ1) is 17.8. The third-order valence-electron chi connectivity index (χ3n) is 6.95. The third kappa shape index (κ3) is 5.91. The van der Waals surface area contributed by atoms with E-state index in [-0.39, 0.29) is 31.4 Å². The number of amides is 2. The fourth-order valence-electron chi connectivity index (χ4n) is 4.90. The van der Waals surface area contributed by atoms with Gasteiger partial charge < -0.3 is 24.2 Å². The van der Waals surface area contributed by atoms with Gasteiger partial charge in [0.15, 0.2) is 0 Å². The molecule has 2 aromatic rings. The van der Waals surface area contributed by atoms with Gasteiger partial charge in [0.05, 0.1) is 19.3 Å². The van der Waals surface area contributed by atoms with Gasteiger partial charge in [0, 0.05) is 54.9 Å². The highest BCUT2D eigenvalue weighted by atomic mass is 35.5. The molecular formula is C28H32ClN3O5. The molecule has 0 aromatic heterocycles. The normalized spacial score (nSPS) is 18.2. The van der Waals surface area contributed by atoms with Crippen molar-refractivity contribution in [2.45, 2.75) is 26.2 Å². The highest BCUT2D eigenvalue weighted by molar-refractivity contribution is 6.30. The second kappa shape index (κ2) is 11.7. The summed E-state index contributed by atoms with van der Waals surface area (Å²) in [4.78, 5) is 44.8. The summed E-state index contributed by atoms with van der Waals surface area (Å²) in [7, 11) is 1.64. The van der Waals surface area contributed by atoms with E-state index in [2.05, 4.69) is 4.90 Å². The van der Waals surface area contributed by atoms with Gasteiger partial charge in [-0.25, -0.2) is 4.79 Å². The standard InChI is InChI=1S/C28H32ClN3O5/c1-4-37-28(35)27-19(2)32(25(33)17-24(27)20-5-7-21(29)8-6-20)18-26(34)31-15-13-30(14-16-31)22-9-11-23(36-3)12-10-22/h5-12,24H,4,13-18H2,1-3H3. The highest BCUT2D eigenvalue weighted by Gasteiger charge is 2.38. The Morgan fingerprint density at radius 3 is 2.24 bits per heavy atom. The summed E-state index contributed by atoms with van der Waals surface area (Å²) < 4.78 is 10.6. The number of rotatable bonds is 7. The number of methoxy groups -OCH3 is 1. The number of piperazine rings is 1. The molecule has 1 atom stereocenters. The number of carbonyl (C=O) groups is 3. The minimum Gasteiger partial charge on any atom is -0.497 e. The molecule has 0 saturated carbocycles. The lowest BCUT2D eigenvalue weighted by Gasteiger charge is -2.38. The van der Waals surface area contributed by atoms with Crippen LogP contribution < -0.4 is 9.64 Å². The summed E-state index contributed by atoms with van der Waals surface area (Å²) in [6.07, 6.45) is 0.0750. The van der Waals surface area contributed by atoms with Crippen molar-refractivity contribution < 1.29 is 23.9 Å². The molecule has 1 unspecified atom stereocenters. The van der Waals surface area contributed by atoms with E-state index >= 15 is 0 Å². The van der Waals surface area contributed by atoms with Crippen molar-refractivity contribution in [3.8, 4) is 5.75 Å². The molecular weight excluding hydrogens is 494 g/mol. The zero-order valence-electron chi connectivity index (χ0n) is 21.4. The quantitative estimate of drug-likeness (QED) is 0.511. The zero-order valence-corrected chi connectivity index (χ0v) is 22.2. The van der Waals surface area contributed by atoms with Gasteiger partial charge in [-0.05, 0) is 55.8 Å². The van der Waals surface area contributed by atoms with Crippen molar-refractivity contribution in [2.75, 3.05) is 51.3 Å². The van der Waals surface area contributed by atoms with Gasteiger partial charge in [-0.2, -0.15) is 0 Å². The Kier molecular flexibility index (Phi) is 8.38. The number of benzene rings is 2. The Hall–Kier alpha value is -3.52. The van der Waals surface area contributed by atoms with Crippen LogP contribution in [0.25, 0.3) is 0 Å². The second-order valence-electron chi connectivity index (χ2n) is 9.07. The maximum absolute atomic E-state index is 13.2. The highest BCUT2D eigenvalue weighted by Crippen LogP contribution is 2.37. The molecule has 0 spiro atoms. The molecule has 0 radical (unpaired) electrons. The molecule has 196 valence electrons. The zero-order chi connectivity index (χ0) is 26.5. The van der Waals surface area contributed by atoms with Gasteiger partial charge in [0.2, 0.25) is 11.8 Å². The molecule has 2 aliphatic heterocycles. The first kappa shape index (κ1) is 26.5. The minimum absolute atomic E-state index is 0.0750. The molecule has 2 amide bonds. The smallest absolute Gasteiger partial charge is 0.336 e. The van der Waals surface area contributed by atoms with E-state index in [1.165, 1.54) is 4.90 Å². The summed E-state index contributed by atoms with van der Waals surface area (Å²) in [6.45, 7) is 6.04. The summed E-state index contributed by atoms with van der Waals surface area (Å²) in [5.41, 5.74) is 2.74. The molecule has 0 bridgehead atoms. The second-order valence-corrected chi connectivity index (χ2v) is 9.51. The van der Waals surface area contributed by atoms with Crippen LogP contribution in [0.5, 0.6) is 5.75 Å².